The van der Waals surface area contributed by atoms with Gasteiger partial charge in [-0.1, -0.05) is 23.8 Å². The van der Waals surface area contributed by atoms with Crippen LogP contribution in [0.15, 0.2) is 36.4 Å². The zero-order valence-electron chi connectivity index (χ0n) is 9.83. The zero-order chi connectivity index (χ0) is 13.0. The highest BCUT2D eigenvalue weighted by Crippen LogP contribution is 2.18. The Kier molecular flexibility index (Phi) is 3.52. The van der Waals surface area contributed by atoms with E-state index in [1.54, 1.807) is 12.1 Å². The van der Waals surface area contributed by atoms with Gasteiger partial charge in [-0.15, -0.1) is 10.2 Å². The van der Waals surface area contributed by atoms with Crippen LogP contribution in [0.1, 0.15) is 5.56 Å². The van der Waals surface area contributed by atoms with Gasteiger partial charge < -0.3 is 9.84 Å². The predicted molar refractivity (Wildman–Crippen MR) is 65.3 cm³/mol. The normalized spacial score (nSPS) is 10.1. The lowest BCUT2D eigenvalue weighted by molar-refractivity contribution is -0.139. The maximum absolute atomic E-state index is 10.3. The molecule has 2 aromatic rings. The van der Waals surface area contributed by atoms with E-state index in [0.717, 1.165) is 16.8 Å². The second-order valence-corrected chi connectivity index (χ2v) is 3.81. The highest BCUT2D eigenvalue weighted by Gasteiger charge is 2.03. The molecule has 0 aliphatic rings. The van der Waals surface area contributed by atoms with Gasteiger partial charge in [-0.05, 0) is 19.1 Å². The Morgan fingerprint density at radius 2 is 2.11 bits per heavy atom. The summed E-state index contributed by atoms with van der Waals surface area (Å²) in [5.74, 6) is -0.839. The summed E-state index contributed by atoms with van der Waals surface area (Å²) in [7, 11) is 0. The van der Waals surface area contributed by atoms with Crippen LogP contribution in [0.4, 0.5) is 0 Å². The highest BCUT2D eigenvalue weighted by molar-refractivity contribution is 5.68. The van der Waals surface area contributed by atoms with E-state index in [0.29, 0.717) is 0 Å². The van der Waals surface area contributed by atoms with Gasteiger partial charge in [0.2, 0.25) is 5.88 Å². The summed E-state index contributed by atoms with van der Waals surface area (Å²) in [6.45, 7) is 1.58. The molecule has 1 aromatic heterocycles. The van der Waals surface area contributed by atoms with Crippen molar-refractivity contribution < 1.29 is 14.6 Å². The second-order valence-electron chi connectivity index (χ2n) is 3.81. The summed E-state index contributed by atoms with van der Waals surface area (Å²) in [4.78, 5) is 10.3. The van der Waals surface area contributed by atoms with E-state index in [4.69, 9.17) is 9.84 Å². The molecule has 0 unspecified atom stereocenters. The number of hydrogen-bond donors (Lipinski definition) is 1. The molecule has 0 saturated heterocycles. The Bertz CT molecular complexity index is 552. The Labute approximate surface area is 104 Å². The van der Waals surface area contributed by atoms with Crippen molar-refractivity contribution >= 4 is 5.97 Å². The topological polar surface area (TPSA) is 72.3 Å². The van der Waals surface area contributed by atoms with Crippen molar-refractivity contribution in [3.05, 3.63) is 42.0 Å². The van der Waals surface area contributed by atoms with Crippen LogP contribution in [-0.4, -0.2) is 27.9 Å². The lowest BCUT2D eigenvalue weighted by atomic mass is 10.1. The van der Waals surface area contributed by atoms with Gasteiger partial charge in [0, 0.05) is 11.6 Å². The predicted octanol–water partition coefficient (Wildman–Crippen LogP) is 1.92. The van der Waals surface area contributed by atoms with Crippen molar-refractivity contribution in [1.82, 2.24) is 10.2 Å². The third-order valence-electron chi connectivity index (χ3n) is 2.30. The molecule has 0 saturated carbocycles. The molecule has 2 rings (SSSR count). The van der Waals surface area contributed by atoms with Crippen LogP contribution in [0, 0.1) is 6.92 Å². The molecule has 92 valence electrons. The molecule has 0 bridgehead atoms. The summed E-state index contributed by atoms with van der Waals surface area (Å²) < 4.78 is 4.91. The van der Waals surface area contributed by atoms with Crippen LogP contribution in [0.25, 0.3) is 11.3 Å². The SMILES string of the molecule is Cc1cccc(-c2ccc(OCC(=O)O)nn2)c1. The Morgan fingerprint density at radius 3 is 2.72 bits per heavy atom. The van der Waals surface area contributed by atoms with Gasteiger partial charge in [0.25, 0.3) is 0 Å². The van der Waals surface area contributed by atoms with Crippen LogP contribution in [0.5, 0.6) is 5.88 Å². The van der Waals surface area contributed by atoms with Crippen LogP contribution in [-0.2, 0) is 4.79 Å². The lowest BCUT2D eigenvalue weighted by Crippen LogP contribution is -2.10. The summed E-state index contributed by atoms with van der Waals surface area (Å²) in [6, 6.07) is 11.2. The quantitative estimate of drug-likeness (QED) is 0.889. The van der Waals surface area contributed by atoms with Gasteiger partial charge in [0.05, 0.1) is 5.69 Å². The van der Waals surface area contributed by atoms with Gasteiger partial charge in [-0.25, -0.2) is 4.79 Å². The van der Waals surface area contributed by atoms with Gasteiger partial charge in [-0.2, -0.15) is 0 Å². The van der Waals surface area contributed by atoms with Gasteiger partial charge >= 0.3 is 5.97 Å². The maximum Gasteiger partial charge on any atom is 0.341 e. The van der Waals surface area contributed by atoms with Gasteiger partial charge in [0.1, 0.15) is 0 Å². The average molecular weight is 244 g/mol. The van der Waals surface area contributed by atoms with E-state index in [1.807, 2.05) is 31.2 Å². The summed E-state index contributed by atoms with van der Waals surface area (Å²) in [5, 5.41) is 16.3. The zero-order valence-corrected chi connectivity index (χ0v) is 9.83. The molecule has 18 heavy (non-hydrogen) atoms. The number of ether oxygens (including phenoxy) is 1. The minimum atomic E-state index is -1.04. The van der Waals surface area contributed by atoms with Crippen molar-refractivity contribution in [2.24, 2.45) is 0 Å². The van der Waals surface area contributed by atoms with Crippen molar-refractivity contribution in [3.8, 4) is 17.1 Å². The fourth-order valence-corrected chi connectivity index (χ4v) is 1.49. The molecule has 1 N–H and O–H groups in total. The number of aryl methyl sites for hydroxylation is 1. The molecule has 0 spiro atoms. The van der Waals surface area contributed by atoms with Crippen LogP contribution < -0.4 is 4.74 Å². The van der Waals surface area contributed by atoms with Crippen LogP contribution in [0.2, 0.25) is 0 Å². The number of carboxylic acid groups (broad SMARTS) is 1. The first-order valence-electron chi connectivity index (χ1n) is 5.40. The Morgan fingerprint density at radius 1 is 1.28 bits per heavy atom. The standard InChI is InChI=1S/C13H12N2O3/c1-9-3-2-4-10(7-9)11-5-6-12(15-14-11)18-8-13(16)17/h2-7H,8H2,1H3,(H,16,17). The van der Waals surface area contributed by atoms with E-state index in [1.165, 1.54) is 0 Å². The van der Waals surface area contributed by atoms with E-state index in [2.05, 4.69) is 10.2 Å². The van der Waals surface area contributed by atoms with E-state index < -0.39 is 12.6 Å². The number of aromatic nitrogens is 2. The molecule has 0 fully saturated rings. The third-order valence-corrected chi connectivity index (χ3v) is 2.30. The first-order valence-corrected chi connectivity index (χ1v) is 5.40. The average Bonchev–Trinajstić information content (AvgIpc) is 2.37. The van der Waals surface area contributed by atoms with Crippen molar-refractivity contribution in [2.45, 2.75) is 6.92 Å². The lowest BCUT2D eigenvalue weighted by Gasteiger charge is -2.03. The van der Waals surface area contributed by atoms with Gasteiger partial charge in [0.15, 0.2) is 6.61 Å². The number of hydrogen-bond acceptors (Lipinski definition) is 4. The maximum atomic E-state index is 10.3. The Balaban J connectivity index is 2.14. The summed E-state index contributed by atoms with van der Waals surface area (Å²) in [5.41, 5.74) is 2.83. The molecule has 0 atom stereocenters. The van der Waals surface area contributed by atoms with Crippen LogP contribution >= 0.6 is 0 Å². The fourth-order valence-electron chi connectivity index (χ4n) is 1.49. The molecule has 0 amide bonds. The molecule has 1 aromatic carbocycles. The number of rotatable bonds is 4. The molecule has 1 heterocycles. The van der Waals surface area contributed by atoms with E-state index in [9.17, 15) is 4.79 Å². The first-order chi connectivity index (χ1) is 8.65. The van der Waals surface area contributed by atoms with Crippen molar-refractivity contribution in [1.29, 1.82) is 0 Å². The first kappa shape index (κ1) is 12.0. The summed E-state index contributed by atoms with van der Waals surface area (Å²) in [6.07, 6.45) is 0. The fraction of sp³-hybridized carbons (Fsp3) is 0.154. The molecule has 0 aliphatic carbocycles. The van der Waals surface area contributed by atoms with Gasteiger partial charge in [-0.3, -0.25) is 0 Å². The van der Waals surface area contributed by atoms with E-state index >= 15 is 0 Å². The molecule has 5 nitrogen and oxygen atoms in total. The number of benzene rings is 1. The van der Waals surface area contributed by atoms with Crippen molar-refractivity contribution in [2.75, 3.05) is 6.61 Å². The second kappa shape index (κ2) is 5.27. The largest absolute Gasteiger partial charge is 0.479 e. The van der Waals surface area contributed by atoms with Crippen molar-refractivity contribution in [3.63, 3.8) is 0 Å². The smallest absolute Gasteiger partial charge is 0.341 e. The molecular weight excluding hydrogens is 232 g/mol. The number of nitrogens with zero attached hydrogens (tertiary/aromatic N) is 2. The number of carbonyl (C=O) groups is 1. The molecule has 5 heteroatoms. The van der Waals surface area contributed by atoms with E-state index in [-0.39, 0.29) is 5.88 Å². The number of aliphatic carboxylic acids is 1. The highest BCUT2D eigenvalue weighted by atomic mass is 16.5. The monoisotopic (exact) mass is 244 g/mol. The molecular formula is C13H12N2O3. The third kappa shape index (κ3) is 3.04. The number of carboxylic acids is 1. The van der Waals surface area contributed by atoms with Crippen LogP contribution in [0.3, 0.4) is 0 Å². The molecule has 0 radical (unpaired) electrons. The minimum Gasteiger partial charge on any atom is -0.479 e. The Hall–Kier alpha value is -2.43. The summed E-state index contributed by atoms with van der Waals surface area (Å²) >= 11 is 0. The minimum absolute atomic E-state index is 0.203. The molecule has 0 aliphatic heterocycles.